The van der Waals surface area contributed by atoms with Crippen molar-refractivity contribution in [3.05, 3.63) is 61.2 Å². The number of carbonyl (C=O) groups is 4. The molecule has 8 atom stereocenters. The van der Waals surface area contributed by atoms with Crippen LogP contribution in [0.2, 0.25) is 0 Å². The molecule has 1 spiro atoms. The van der Waals surface area contributed by atoms with E-state index in [1.807, 2.05) is 51.1 Å². The summed E-state index contributed by atoms with van der Waals surface area (Å²) in [5.74, 6) is -3.00. The number of fused-ring (bicyclic) bond motifs is 1. The van der Waals surface area contributed by atoms with Gasteiger partial charge in [0.2, 0.25) is 17.7 Å². The van der Waals surface area contributed by atoms with Crippen LogP contribution in [0.4, 0.5) is 0 Å². The first-order chi connectivity index (χ1) is 23.5. The SMILES string of the molecule is C=CCCC(=O)N(C)[C@@H](C)[C@@H](OC(=O)[C@@H]1[C@H]2C(=O)N([C@@H](CO)CC(C)C)[C@H](C(=O)N(CC=C)CCCCC)[C@]23CC[C@H]1O3)c1ccccc1. The maximum Gasteiger partial charge on any atom is 0.313 e. The molecule has 3 fully saturated rings. The van der Waals surface area contributed by atoms with E-state index in [1.165, 1.54) is 0 Å². The Morgan fingerprint density at radius 3 is 2.47 bits per heavy atom. The molecule has 10 heteroatoms. The fraction of sp³-hybridized carbons (Fsp3) is 0.641. The van der Waals surface area contributed by atoms with E-state index >= 15 is 0 Å². The van der Waals surface area contributed by atoms with Crippen molar-refractivity contribution in [2.45, 2.75) is 115 Å². The maximum atomic E-state index is 14.7. The molecule has 1 aromatic carbocycles. The topological polar surface area (TPSA) is 117 Å². The van der Waals surface area contributed by atoms with Crippen LogP contribution in [0.1, 0.15) is 90.7 Å². The smallest absolute Gasteiger partial charge is 0.313 e. The van der Waals surface area contributed by atoms with Crippen molar-refractivity contribution in [3.63, 3.8) is 0 Å². The first-order valence-electron chi connectivity index (χ1n) is 18.1. The molecule has 3 heterocycles. The monoisotopic (exact) mass is 679 g/mol. The second-order valence-electron chi connectivity index (χ2n) is 14.4. The van der Waals surface area contributed by atoms with E-state index in [2.05, 4.69) is 20.1 Å². The molecule has 4 rings (SSSR count). The van der Waals surface area contributed by atoms with Crippen LogP contribution in [0.5, 0.6) is 0 Å². The number of amides is 3. The van der Waals surface area contributed by atoms with E-state index in [-0.39, 0.29) is 36.7 Å². The van der Waals surface area contributed by atoms with Crippen LogP contribution in [0.3, 0.4) is 0 Å². The Labute approximate surface area is 292 Å². The average molecular weight is 680 g/mol. The van der Waals surface area contributed by atoms with Gasteiger partial charge >= 0.3 is 5.97 Å². The Morgan fingerprint density at radius 2 is 1.86 bits per heavy atom. The van der Waals surface area contributed by atoms with E-state index < -0.39 is 53.7 Å². The van der Waals surface area contributed by atoms with Crippen molar-refractivity contribution in [2.24, 2.45) is 17.8 Å². The predicted octanol–water partition coefficient (Wildman–Crippen LogP) is 5.07. The number of esters is 1. The molecule has 3 aliphatic heterocycles. The molecule has 270 valence electrons. The third-order valence-electron chi connectivity index (χ3n) is 10.7. The van der Waals surface area contributed by atoms with Gasteiger partial charge in [-0.2, -0.15) is 0 Å². The molecule has 0 aromatic heterocycles. The van der Waals surface area contributed by atoms with Crippen LogP contribution in [-0.2, 0) is 28.7 Å². The lowest BCUT2D eigenvalue weighted by molar-refractivity contribution is -0.165. The second-order valence-corrected chi connectivity index (χ2v) is 14.4. The van der Waals surface area contributed by atoms with Crippen LogP contribution in [-0.4, -0.2) is 100 Å². The van der Waals surface area contributed by atoms with Gasteiger partial charge in [0, 0.05) is 26.6 Å². The van der Waals surface area contributed by atoms with Crippen LogP contribution in [0.25, 0.3) is 0 Å². The fourth-order valence-corrected chi connectivity index (χ4v) is 8.15. The molecular weight excluding hydrogens is 622 g/mol. The zero-order chi connectivity index (χ0) is 35.9. The molecular formula is C39H57N3O7. The van der Waals surface area contributed by atoms with Gasteiger partial charge < -0.3 is 29.3 Å². The van der Waals surface area contributed by atoms with Crippen LogP contribution < -0.4 is 0 Å². The minimum atomic E-state index is -1.22. The number of hydrogen-bond donors (Lipinski definition) is 1. The highest BCUT2D eigenvalue weighted by molar-refractivity contribution is 5.98. The highest BCUT2D eigenvalue weighted by atomic mass is 16.6. The van der Waals surface area contributed by atoms with Gasteiger partial charge in [-0.15, -0.1) is 13.2 Å². The van der Waals surface area contributed by atoms with Crippen LogP contribution in [0.15, 0.2) is 55.6 Å². The van der Waals surface area contributed by atoms with Crippen molar-refractivity contribution in [1.29, 1.82) is 0 Å². The quantitative estimate of drug-likeness (QED) is 0.123. The number of rotatable bonds is 19. The number of aliphatic hydroxyl groups is 1. The molecule has 3 saturated heterocycles. The van der Waals surface area contributed by atoms with Gasteiger partial charge in [-0.05, 0) is 50.5 Å². The number of unbranched alkanes of at least 4 members (excludes halogenated alkanes) is 2. The first-order valence-corrected chi connectivity index (χ1v) is 18.1. The summed E-state index contributed by atoms with van der Waals surface area (Å²) in [6, 6.07) is 7.18. The summed E-state index contributed by atoms with van der Waals surface area (Å²) >= 11 is 0. The zero-order valence-corrected chi connectivity index (χ0v) is 30.1. The number of hydrogen-bond acceptors (Lipinski definition) is 7. The fourth-order valence-electron chi connectivity index (χ4n) is 8.15. The summed E-state index contributed by atoms with van der Waals surface area (Å²) in [5.41, 5.74) is -0.495. The van der Waals surface area contributed by atoms with Gasteiger partial charge in [0.1, 0.15) is 17.7 Å². The molecule has 0 aliphatic carbocycles. The first kappa shape index (κ1) is 38.3. The minimum Gasteiger partial charge on any atom is -0.455 e. The maximum absolute atomic E-state index is 14.7. The predicted molar refractivity (Wildman–Crippen MR) is 188 cm³/mol. The lowest BCUT2D eigenvalue weighted by atomic mass is 9.70. The number of likely N-dealkylation sites (tertiary alicyclic amines) is 1. The normalized spacial score (nSPS) is 25.9. The lowest BCUT2D eigenvalue weighted by Gasteiger charge is -2.39. The lowest BCUT2D eigenvalue weighted by Crippen LogP contribution is -2.59. The van der Waals surface area contributed by atoms with Gasteiger partial charge in [0.15, 0.2) is 0 Å². The molecule has 3 aliphatic rings. The second kappa shape index (κ2) is 16.9. The van der Waals surface area contributed by atoms with Crippen molar-refractivity contribution < 1.29 is 33.8 Å². The number of likely N-dealkylation sites (N-methyl/N-ethyl adjacent to an activating group) is 1. The summed E-state index contributed by atoms with van der Waals surface area (Å²) < 4.78 is 13.0. The summed E-state index contributed by atoms with van der Waals surface area (Å²) in [6.45, 7) is 16.1. The van der Waals surface area contributed by atoms with E-state index in [1.54, 1.807) is 33.9 Å². The number of benzene rings is 1. The zero-order valence-electron chi connectivity index (χ0n) is 30.1. The van der Waals surface area contributed by atoms with Crippen molar-refractivity contribution in [3.8, 4) is 0 Å². The van der Waals surface area contributed by atoms with Gasteiger partial charge in [0.05, 0.1) is 36.6 Å². The van der Waals surface area contributed by atoms with Gasteiger partial charge in [-0.3, -0.25) is 19.2 Å². The number of allylic oxidation sites excluding steroid dienone is 1. The Hall–Kier alpha value is -3.50. The molecule has 0 unspecified atom stereocenters. The summed E-state index contributed by atoms with van der Waals surface area (Å²) in [4.78, 5) is 61.6. The molecule has 1 aromatic rings. The Bertz CT molecular complexity index is 1330. The summed E-state index contributed by atoms with van der Waals surface area (Å²) in [7, 11) is 1.70. The standard InChI is InChI=1S/C39H57N3O7/c1-8-11-16-23-41(22-10-3)37(46)35-39-21-20-30(49-39)32(33(39)36(45)42(35)29(25-43)24-26(4)5)38(47)48-34(28-17-14-13-15-18-28)27(6)40(7)31(44)19-12-9-2/h9-10,13-15,17-18,26-27,29-30,32-35,43H,2-3,8,11-12,16,19-25H2,1,4-7H3/t27-,29+,30+,32-,33-,34+,35+,39-/m0/s1. The highest BCUT2D eigenvalue weighted by Gasteiger charge is 2.75. The van der Waals surface area contributed by atoms with E-state index in [0.717, 1.165) is 24.8 Å². The number of nitrogens with zero attached hydrogens (tertiary/aromatic N) is 3. The van der Waals surface area contributed by atoms with Crippen LogP contribution >= 0.6 is 0 Å². The minimum absolute atomic E-state index is 0.0993. The van der Waals surface area contributed by atoms with Gasteiger partial charge in [-0.1, -0.05) is 76.1 Å². The van der Waals surface area contributed by atoms with Crippen molar-refractivity contribution >= 4 is 23.7 Å². The summed E-state index contributed by atoms with van der Waals surface area (Å²) in [6.07, 6.45) is 6.99. The number of ether oxygens (including phenoxy) is 2. The Balaban J connectivity index is 1.71. The van der Waals surface area contributed by atoms with Crippen LogP contribution in [0, 0.1) is 17.8 Å². The number of carbonyl (C=O) groups excluding carboxylic acids is 4. The van der Waals surface area contributed by atoms with E-state index in [9.17, 15) is 24.3 Å². The highest BCUT2D eigenvalue weighted by Crippen LogP contribution is 2.59. The molecule has 0 saturated carbocycles. The largest absolute Gasteiger partial charge is 0.455 e. The van der Waals surface area contributed by atoms with Crippen molar-refractivity contribution in [1.82, 2.24) is 14.7 Å². The van der Waals surface area contributed by atoms with E-state index in [4.69, 9.17) is 9.47 Å². The molecule has 49 heavy (non-hydrogen) atoms. The average Bonchev–Trinajstić information content (AvgIpc) is 3.74. The molecule has 3 amide bonds. The van der Waals surface area contributed by atoms with E-state index in [0.29, 0.717) is 38.8 Å². The molecule has 10 nitrogen and oxygen atoms in total. The number of aliphatic hydroxyl groups excluding tert-OH is 1. The Morgan fingerprint density at radius 1 is 1.14 bits per heavy atom. The van der Waals surface area contributed by atoms with Crippen molar-refractivity contribution in [2.75, 3.05) is 26.7 Å². The van der Waals surface area contributed by atoms with Gasteiger partial charge in [0.25, 0.3) is 0 Å². The summed E-state index contributed by atoms with van der Waals surface area (Å²) in [5, 5.41) is 10.6. The molecule has 2 bridgehead atoms. The molecule has 0 radical (unpaired) electrons. The third kappa shape index (κ3) is 7.80. The third-order valence-corrected chi connectivity index (χ3v) is 10.7. The van der Waals surface area contributed by atoms with Gasteiger partial charge in [-0.25, -0.2) is 0 Å². The Kier molecular flexibility index (Phi) is 13.2. The molecule has 1 N–H and O–H groups in total.